The van der Waals surface area contributed by atoms with Gasteiger partial charge >= 0.3 is 5.97 Å². The van der Waals surface area contributed by atoms with E-state index in [4.69, 9.17) is 9.84 Å². The van der Waals surface area contributed by atoms with Crippen molar-refractivity contribution in [3.05, 3.63) is 34.1 Å². The quantitative estimate of drug-likeness (QED) is 0.908. The van der Waals surface area contributed by atoms with Gasteiger partial charge in [0.2, 0.25) is 0 Å². The number of amides is 1. The Morgan fingerprint density at radius 2 is 2.25 bits per heavy atom. The molecule has 1 saturated heterocycles. The number of carbonyl (C=O) groups is 2. The minimum atomic E-state index is -0.988. The van der Waals surface area contributed by atoms with Gasteiger partial charge in [-0.3, -0.25) is 9.59 Å². The Morgan fingerprint density at radius 1 is 1.50 bits per heavy atom. The third-order valence-corrected chi connectivity index (χ3v) is 3.48. The molecule has 1 N–H and O–H groups in total. The van der Waals surface area contributed by atoms with Crippen molar-refractivity contribution in [3.63, 3.8) is 0 Å². The van der Waals surface area contributed by atoms with Crippen LogP contribution in [0.4, 0.5) is 4.39 Å². The van der Waals surface area contributed by atoms with Crippen molar-refractivity contribution >= 4 is 27.8 Å². The van der Waals surface area contributed by atoms with Crippen LogP contribution < -0.4 is 0 Å². The zero-order valence-electron chi connectivity index (χ0n) is 10.5. The van der Waals surface area contributed by atoms with Gasteiger partial charge in [0.05, 0.1) is 24.7 Å². The number of hydrogen-bond donors (Lipinski definition) is 1. The lowest BCUT2D eigenvalue weighted by molar-refractivity contribution is -0.141. The summed E-state index contributed by atoms with van der Waals surface area (Å²) in [6, 6.07) is 4.14. The summed E-state index contributed by atoms with van der Waals surface area (Å²) in [5, 5.41) is 8.74. The molecule has 7 heteroatoms. The van der Waals surface area contributed by atoms with Gasteiger partial charge in [0.1, 0.15) is 5.82 Å². The molecule has 1 aliphatic heterocycles. The molecule has 0 unspecified atom stereocenters. The average Bonchev–Trinajstić information content (AvgIpc) is 2.40. The zero-order valence-corrected chi connectivity index (χ0v) is 12.1. The Bertz CT molecular complexity index is 537. The molecular formula is C13H13BrFNO4. The number of halogens is 2. The molecule has 0 radical (unpaired) electrons. The maximum atomic E-state index is 13.7. The highest BCUT2D eigenvalue weighted by Gasteiger charge is 2.27. The Morgan fingerprint density at radius 3 is 2.95 bits per heavy atom. The van der Waals surface area contributed by atoms with Crippen molar-refractivity contribution in [3.8, 4) is 0 Å². The van der Waals surface area contributed by atoms with Crippen molar-refractivity contribution in [2.75, 3.05) is 19.7 Å². The lowest BCUT2D eigenvalue weighted by atomic mass is 10.1. The number of carbonyl (C=O) groups excluding carboxylic acids is 1. The topological polar surface area (TPSA) is 66.8 Å². The van der Waals surface area contributed by atoms with Gasteiger partial charge in [0.25, 0.3) is 5.91 Å². The largest absolute Gasteiger partial charge is 0.481 e. The summed E-state index contributed by atoms with van der Waals surface area (Å²) in [6.45, 7) is 0.720. The van der Waals surface area contributed by atoms with Gasteiger partial charge < -0.3 is 14.7 Å². The van der Waals surface area contributed by atoms with E-state index in [1.807, 2.05) is 0 Å². The Kier molecular flexibility index (Phi) is 4.72. The van der Waals surface area contributed by atoms with Crippen LogP contribution in [0.3, 0.4) is 0 Å². The molecule has 1 fully saturated rings. The van der Waals surface area contributed by atoms with Gasteiger partial charge in [-0.1, -0.05) is 15.9 Å². The first-order valence-corrected chi connectivity index (χ1v) is 6.84. The van der Waals surface area contributed by atoms with E-state index in [2.05, 4.69) is 15.9 Å². The fourth-order valence-corrected chi connectivity index (χ4v) is 2.41. The molecule has 1 heterocycles. The molecule has 2 rings (SSSR count). The van der Waals surface area contributed by atoms with E-state index in [-0.39, 0.29) is 25.1 Å². The molecule has 20 heavy (non-hydrogen) atoms. The predicted molar refractivity (Wildman–Crippen MR) is 72.0 cm³/mol. The highest BCUT2D eigenvalue weighted by Crippen LogP contribution is 2.19. The van der Waals surface area contributed by atoms with E-state index in [9.17, 15) is 14.0 Å². The molecule has 5 nitrogen and oxygen atoms in total. The number of aliphatic carboxylic acids is 1. The van der Waals surface area contributed by atoms with Gasteiger partial charge in [-0.25, -0.2) is 4.39 Å². The lowest BCUT2D eigenvalue weighted by Crippen LogP contribution is -2.46. The molecule has 0 aliphatic carbocycles. The zero-order chi connectivity index (χ0) is 14.7. The first-order valence-electron chi connectivity index (χ1n) is 6.05. The summed E-state index contributed by atoms with van der Waals surface area (Å²) in [7, 11) is 0. The van der Waals surface area contributed by atoms with E-state index >= 15 is 0 Å². The maximum absolute atomic E-state index is 13.7. The van der Waals surface area contributed by atoms with E-state index < -0.39 is 23.8 Å². The minimum absolute atomic E-state index is 0.0321. The van der Waals surface area contributed by atoms with Crippen LogP contribution in [0.1, 0.15) is 16.8 Å². The summed E-state index contributed by atoms with van der Waals surface area (Å²) in [5.74, 6) is -2.04. The molecule has 0 bridgehead atoms. The minimum Gasteiger partial charge on any atom is -0.481 e. The summed E-state index contributed by atoms with van der Waals surface area (Å²) in [4.78, 5) is 24.3. The predicted octanol–water partition coefficient (Wildman–Crippen LogP) is 1.90. The number of nitrogens with zero attached hydrogens (tertiary/aromatic N) is 1. The van der Waals surface area contributed by atoms with Gasteiger partial charge in [-0.2, -0.15) is 0 Å². The summed E-state index contributed by atoms with van der Waals surface area (Å²) in [5.41, 5.74) is -0.0321. The van der Waals surface area contributed by atoms with E-state index in [1.54, 1.807) is 0 Å². The number of carboxylic acid groups (broad SMARTS) is 1. The van der Waals surface area contributed by atoms with Crippen LogP contribution in [0, 0.1) is 5.82 Å². The van der Waals surface area contributed by atoms with Crippen LogP contribution in [0.5, 0.6) is 0 Å². The SMILES string of the molecule is O=C(O)C[C@H]1CN(C(=O)c2cc(Br)ccc2F)CCO1. The Labute approximate surface area is 123 Å². The standard InChI is InChI=1S/C13H13BrFNO4/c14-8-1-2-11(15)10(5-8)13(19)16-3-4-20-9(7-16)6-12(17)18/h1-2,5,9H,3-4,6-7H2,(H,17,18)/t9-/m0/s1. The highest BCUT2D eigenvalue weighted by molar-refractivity contribution is 9.10. The first kappa shape index (κ1) is 14.9. The summed E-state index contributed by atoms with van der Waals surface area (Å²) >= 11 is 3.19. The van der Waals surface area contributed by atoms with E-state index in [0.717, 1.165) is 0 Å². The fourth-order valence-electron chi connectivity index (χ4n) is 2.05. The van der Waals surface area contributed by atoms with Crippen LogP contribution >= 0.6 is 15.9 Å². The number of ether oxygens (including phenoxy) is 1. The molecule has 0 saturated carbocycles. The van der Waals surface area contributed by atoms with E-state index in [1.165, 1.54) is 23.1 Å². The molecular weight excluding hydrogens is 333 g/mol. The second kappa shape index (κ2) is 6.32. The number of carboxylic acids is 1. The van der Waals surface area contributed by atoms with Crippen molar-refractivity contribution < 1.29 is 23.8 Å². The molecule has 108 valence electrons. The first-order chi connectivity index (χ1) is 9.47. The number of morpholine rings is 1. The average molecular weight is 346 g/mol. The molecule has 1 amide bonds. The van der Waals surface area contributed by atoms with Crippen molar-refractivity contribution in [1.82, 2.24) is 4.90 Å². The highest BCUT2D eigenvalue weighted by atomic mass is 79.9. The van der Waals surface area contributed by atoms with Crippen molar-refractivity contribution in [2.45, 2.75) is 12.5 Å². The Balaban J connectivity index is 2.12. The molecule has 0 spiro atoms. The summed E-state index contributed by atoms with van der Waals surface area (Å²) < 4.78 is 19.6. The van der Waals surface area contributed by atoms with Crippen LogP contribution in [0.25, 0.3) is 0 Å². The molecule has 1 aromatic carbocycles. The van der Waals surface area contributed by atoms with Crippen molar-refractivity contribution in [1.29, 1.82) is 0 Å². The van der Waals surface area contributed by atoms with Gasteiger partial charge in [0.15, 0.2) is 0 Å². The normalized spacial score (nSPS) is 18.9. The van der Waals surface area contributed by atoms with Gasteiger partial charge in [-0.05, 0) is 18.2 Å². The lowest BCUT2D eigenvalue weighted by Gasteiger charge is -2.32. The third kappa shape index (κ3) is 3.55. The molecule has 1 aromatic rings. The van der Waals surface area contributed by atoms with Gasteiger partial charge in [0, 0.05) is 17.6 Å². The van der Waals surface area contributed by atoms with Crippen molar-refractivity contribution in [2.24, 2.45) is 0 Å². The second-order valence-corrected chi connectivity index (χ2v) is 5.38. The van der Waals surface area contributed by atoms with Gasteiger partial charge in [-0.15, -0.1) is 0 Å². The van der Waals surface area contributed by atoms with Crippen LogP contribution in [0.2, 0.25) is 0 Å². The van der Waals surface area contributed by atoms with Crippen LogP contribution in [0.15, 0.2) is 22.7 Å². The monoisotopic (exact) mass is 345 g/mol. The molecule has 1 atom stereocenters. The van der Waals surface area contributed by atoms with Crippen LogP contribution in [-0.2, 0) is 9.53 Å². The maximum Gasteiger partial charge on any atom is 0.306 e. The second-order valence-electron chi connectivity index (χ2n) is 4.47. The molecule has 0 aromatic heterocycles. The fraction of sp³-hybridized carbons (Fsp3) is 0.385. The number of benzene rings is 1. The van der Waals surface area contributed by atoms with E-state index in [0.29, 0.717) is 11.0 Å². The summed E-state index contributed by atoms with van der Waals surface area (Å²) in [6.07, 6.45) is -0.731. The molecule has 1 aliphatic rings. The smallest absolute Gasteiger partial charge is 0.306 e. The van der Waals surface area contributed by atoms with Crippen LogP contribution in [-0.4, -0.2) is 47.7 Å². The number of hydrogen-bond acceptors (Lipinski definition) is 3. The number of rotatable bonds is 3. The third-order valence-electron chi connectivity index (χ3n) is 2.99. The Hall–Kier alpha value is -1.47.